The minimum Gasteiger partial charge on any atom is -0.483 e. The number of nitrogen functional groups attached to an aromatic ring is 1. The molecule has 1 heterocycles. The van der Waals surface area contributed by atoms with Gasteiger partial charge in [0.05, 0.1) is 0 Å². The molecule has 0 spiro atoms. The van der Waals surface area contributed by atoms with Gasteiger partial charge in [-0.2, -0.15) is 0 Å². The summed E-state index contributed by atoms with van der Waals surface area (Å²) in [6.45, 7) is -0.0841. The number of pyridine rings is 1. The molecule has 3 rings (SSSR count). The van der Waals surface area contributed by atoms with Crippen LogP contribution >= 0.6 is 0 Å². The highest BCUT2D eigenvalue weighted by Gasteiger charge is 2.14. The molecule has 0 amide bonds. The van der Waals surface area contributed by atoms with Crippen molar-refractivity contribution in [2.24, 2.45) is 0 Å². The van der Waals surface area contributed by atoms with E-state index < -0.39 is 11.6 Å². The zero-order valence-electron chi connectivity index (χ0n) is 11.0. The summed E-state index contributed by atoms with van der Waals surface area (Å²) in [4.78, 5) is 4.10. The molecule has 5 heteroatoms. The van der Waals surface area contributed by atoms with Gasteiger partial charge in [0, 0.05) is 28.9 Å². The van der Waals surface area contributed by atoms with Crippen LogP contribution in [-0.2, 0) is 6.61 Å². The van der Waals surface area contributed by atoms with Crippen LogP contribution in [0.5, 0.6) is 5.75 Å². The molecule has 0 saturated carbocycles. The largest absolute Gasteiger partial charge is 0.483 e. The van der Waals surface area contributed by atoms with E-state index in [4.69, 9.17) is 10.5 Å². The summed E-state index contributed by atoms with van der Waals surface area (Å²) in [6.07, 6.45) is 1.52. The van der Waals surface area contributed by atoms with Gasteiger partial charge in [-0.25, -0.2) is 8.78 Å². The molecule has 3 nitrogen and oxygen atoms in total. The molecule has 106 valence electrons. The minimum absolute atomic E-state index is 0.0250. The van der Waals surface area contributed by atoms with Crippen LogP contribution in [0.3, 0.4) is 0 Å². The van der Waals surface area contributed by atoms with Gasteiger partial charge in [-0.3, -0.25) is 4.98 Å². The number of ether oxygens (including phenoxy) is 1. The summed E-state index contributed by atoms with van der Waals surface area (Å²) in [7, 11) is 0. The number of anilines is 1. The number of halogens is 2. The Morgan fingerprint density at radius 1 is 1.05 bits per heavy atom. The quantitative estimate of drug-likeness (QED) is 0.747. The zero-order chi connectivity index (χ0) is 14.8. The van der Waals surface area contributed by atoms with Crippen molar-refractivity contribution in [2.75, 3.05) is 5.73 Å². The second-order valence-electron chi connectivity index (χ2n) is 4.56. The fourth-order valence-electron chi connectivity index (χ4n) is 2.11. The molecule has 0 saturated heterocycles. The van der Waals surface area contributed by atoms with Crippen molar-refractivity contribution < 1.29 is 13.5 Å². The Labute approximate surface area is 120 Å². The van der Waals surface area contributed by atoms with Gasteiger partial charge in [0.2, 0.25) is 0 Å². The Balaban J connectivity index is 1.99. The molecular weight excluding hydrogens is 274 g/mol. The molecule has 0 unspecified atom stereocenters. The Bertz CT molecular complexity index is 805. The first kappa shape index (κ1) is 13.3. The van der Waals surface area contributed by atoms with Crippen LogP contribution < -0.4 is 10.5 Å². The second kappa shape index (κ2) is 5.36. The van der Waals surface area contributed by atoms with E-state index in [0.29, 0.717) is 16.5 Å². The van der Waals surface area contributed by atoms with E-state index in [9.17, 15) is 8.78 Å². The van der Waals surface area contributed by atoms with E-state index in [1.54, 1.807) is 30.3 Å². The van der Waals surface area contributed by atoms with Crippen LogP contribution in [0.1, 0.15) is 5.56 Å². The fraction of sp³-hybridized carbons (Fsp3) is 0.0625. The fourth-order valence-corrected chi connectivity index (χ4v) is 2.11. The highest BCUT2D eigenvalue weighted by atomic mass is 19.1. The van der Waals surface area contributed by atoms with Crippen LogP contribution in [-0.4, -0.2) is 4.98 Å². The smallest absolute Gasteiger partial charge is 0.181 e. The van der Waals surface area contributed by atoms with Crippen LogP contribution in [0.2, 0.25) is 0 Å². The average molecular weight is 286 g/mol. The lowest BCUT2D eigenvalue weighted by atomic mass is 10.1. The van der Waals surface area contributed by atoms with Crippen LogP contribution in [0, 0.1) is 11.6 Å². The van der Waals surface area contributed by atoms with Gasteiger partial charge in [0.1, 0.15) is 17.9 Å². The maximum absolute atomic E-state index is 14.0. The SMILES string of the molecule is Nc1cc(F)c(OCc2ccccc2F)c2ncccc12. The van der Waals surface area contributed by atoms with Crippen LogP contribution in [0.25, 0.3) is 10.9 Å². The van der Waals surface area contributed by atoms with E-state index in [1.165, 1.54) is 18.3 Å². The monoisotopic (exact) mass is 286 g/mol. The van der Waals surface area contributed by atoms with Crippen LogP contribution in [0.15, 0.2) is 48.7 Å². The molecule has 2 N–H and O–H groups in total. The predicted octanol–water partition coefficient (Wildman–Crippen LogP) is 3.67. The number of nitrogens with zero attached hydrogens (tertiary/aromatic N) is 1. The first-order valence-corrected chi connectivity index (χ1v) is 6.35. The first-order chi connectivity index (χ1) is 10.2. The topological polar surface area (TPSA) is 48.1 Å². The third kappa shape index (κ3) is 2.50. The number of nitrogens with two attached hydrogens (primary N) is 1. The summed E-state index contributed by atoms with van der Waals surface area (Å²) in [5, 5.41) is 0.599. The molecule has 3 aromatic rings. The number of benzene rings is 2. The van der Waals surface area contributed by atoms with Gasteiger partial charge in [-0.05, 0) is 18.2 Å². The number of fused-ring (bicyclic) bond motifs is 1. The van der Waals surface area contributed by atoms with Gasteiger partial charge < -0.3 is 10.5 Å². The minimum atomic E-state index is -0.616. The van der Waals surface area contributed by atoms with Gasteiger partial charge >= 0.3 is 0 Å². The zero-order valence-corrected chi connectivity index (χ0v) is 11.0. The molecule has 0 aliphatic rings. The lowest BCUT2D eigenvalue weighted by Gasteiger charge is -2.11. The molecule has 0 atom stereocenters. The molecule has 1 aromatic heterocycles. The summed E-state index contributed by atoms with van der Waals surface area (Å²) >= 11 is 0. The van der Waals surface area contributed by atoms with E-state index in [0.717, 1.165) is 0 Å². The molecule has 0 aliphatic heterocycles. The molecule has 0 radical (unpaired) electrons. The number of hydrogen-bond acceptors (Lipinski definition) is 3. The van der Waals surface area contributed by atoms with E-state index in [1.807, 2.05) is 0 Å². The maximum atomic E-state index is 14.0. The van der Waals surface area contributed by atoms with E-state index >= 15 is 0 Å². The first-order valence-electron chi connectivity index (χ1n) is 6.35. The number of aromatic nitrogens is 1. The molecule has 0 bridgehead atoms. The van der Waals surface area contributed by atoms with E-state index in [2.05, 4.69) is 4.98 Å². The molecule has 2 aromatic carbocycles. The highest BCUT2D eigenvalue weighted by Crippen LogP contribution is 2.32. The Kier molecular flexibility index (Phi) is 3.39. The van der Waals surface area contributed by atoms with Crippen molar-refractivity contribution >= 4 is 16.6 Å². The molecule has 21 heavy (non-hydrogen) atoms. The average Bonchev–Trinajstić information content (AvgIpc) is 2.49. The van der Waals surface area contributed by atoms with Crippen molar-refractivity contribution in [1.82, 2.24) is 4.98 Å². The second-order valence-corrected chi connectivity index (χ2v) is 4.56. The van der Waals surface area contributed by atoms with Gasteiger partial charge in [-0.15, -0.1) is 0 Å². The highest BCUT2D eigenvalue weighted by molar-refractivity contribution is 5.94. The Morgan fingerprint density at radius 3 is 2.67 bits per heavy atom. The summed E-state index contributed by atoms with van der Waals surface area (Å²) < 4.78 is 33.0. The summed E-state index contributed by atoms with van der Waals surface area (Å²) in [5.41, 5.74) is 6.72. The predicted molar refractivity (Wildman–Crippen MR) is 76.8 cm³/mol. The third-order valence-corrected chi connectivity index (χ3v) is 3.16. The molecular formula is C16H12F2N2O. The lowest BCUT2D eigenvalue weighted by Crippen LogP contribution is -2.02. The van der Waals surface area contributed by atoms with Crippen molar-refractivity contribution in [2.45, 2.75) is 6.61 Å². The molecule has 0 fully saturated rings. The third-order valence-electron chi connectivity index (χ3n) is 3.16. The van der Waals surface area contributed by atoms with Gasteiger partial charge in [0.15, 0.2) is 11.6 Å². The van der Waals surface area contributed by atoms with Gasteiger partial charge in [-0.1, -0.05) is 18.2 Å². The van der Waals surface area contributed by atoms with Crippen molar-refractivity contribution in [3.63, 3.8) is 0 Å². The lowest BCUT2D eigenvalue weighted by molar-refractivity contribution is 0.288. The summed E-state index contributed by atoms with van der Waals surface area (Å²) in [6, 6.07) is 10.8. The Morgan fingerprint density at radius 2 is 1.86 bits per heavy atom. The number of hydrogen-bond donors (Lipinski definition) is 1. The number of rotatable bonds is 3. The van der Waals surface area contributed by atoms with Crippen molar-refractivity contribution in [3.8, 4) is 5.75 Å². The maximum Gasteiger partial charge on any atom is 0.181 e. The van der Waals surface area contributed by atoms with Gasteiger partial charge in [0.25, 0.3) is 0 Å². The standard InChI is InChI=1S/C16H12F2N2O/c17-12-6-2-1-4-10(12)9-21-16-13(18)8-14(19)11-5-3-7-20-15(11)16/h1-8H,9,19H2. The van der Waals surface area contributed by atoms with Crippen LogP contribution in [0.4, 0.5) is 14.5 Å². The normalized spacial score (nSPS) is 10.8. The van der Waals surface area contributed by atoms with Crippen molar-refractivity contribution in [3.05, 3.63) is 65.9 Å². The Hall–Kier alpha value is -2.69. The molecule has 0 aliphatic carbocycles. The van der Waals surface area contributed by atoms with Crippen molar-refractivity contribution in [1.29, 1.82) is 0 Å². The van der Waals surface area contributed by atoms with E-state index in [-0.39, 0.29) is 18.0 Å². The summed E-state index contributed by atoms with van der Waals surface area (Å²) in [5.74, 6) is -1.04.